The zero-order valence-electron chi connectivity index (χ0n) is 6.70. The first-order chi connectivity index (χ1) is 5.13. The van der Waals surface area contributed by atoms with Gasteiger partial charge in [-0.1, -0.05) is 18.7 Å². The summed E-state index contributed by atoms with van der Waals surface area (Å²) in [5.41, 5.74) is 0.676. The molecule has 0 amide bonds. The summed E-state index contributed by atoms with van der Waals surface area (Å²) in [7, 11) is 1.68. The Balaban J connectivity index is 4.82. The van der Waals surface area contributed by atoms with E-state index in [1.165, 1.54) is 6.08 Å². The van der Waals surface area contributed by atoms with Gasteiger partial charge in [0.2, 0.25) is 0 Å². The van der Waals surface area contributed by atoms with E-state index in [4.69, 9.17) is 0 Å². The molecule has 0 aromatic carbocycles. The number of hydrogen-bond acceptors (Lipinski definition) is 2. The third-order valence-electron chi connectivity index (χ3n) is 1.21. The molecule has 0 N–H and O–H groups in total. The van der Waals surface area contributed by atoms with E-state index >= 15 is 0 Å². The van der Waals surface area contributed by atoms with Crippen LogP contribution in [0.5, 0.6) is 0 Å². The molecular formula is C7H10BNO2. The minimum atomic E-state index is -0.442. The normalized spacial score (nSPS) is 12.8. The Labute approximate surface area is 66.7 Å². The summed E-state index contributed by atoms with van der Waals surface area (Å²) in [6.45, 7) is 5.16. The van der Waals surface area contributed by atoms with Crippen LogP contribution in [0.3, 0.4) is 0 Å². The lowest BCUT2D eigenvalue weighted by Gasteiger charge is -1.92. The van der Waals surface area contributed by atoms with Crippen LogP contribution in [-0.4, -0.2) is 12.8 Å². The molecule has 0 aliphatic heterocycles. The maximum Gasteiger partial charge on any atom is 0.262 e. The molecule has 0 unspecified atom stereocenters. The van der Waals surface area contributed by atoms with Gasteiger partial charge < -0.3 is 0 Å². The first-order valence-electron chi connectivity index (χ1n) is 3.24. The van der Waals surface area contributed by atoms with Crippen molar-refractivity contribution in [1.29, 1.82) is 0 Å². The number of hydrogen-bond donors (Lipinski definition) is 0. The van der Waals surface area contributed by atoms with E-state index < -0.39 is 4.92 Å². The van der Waals surface area contributed by atoms with Gasteiger partial charge in [-0.05, 0) is 12.4 Å². The highest BCUT2D eigenvalue weighted by molar-refractivity contribution is 6.23. The van der Waals surface area contributed by atoms with Gasteiger partial charge in [0.05, 0.1) is 4.92 Å². The van der Waals surface area contributed by atoms with Gasteiger partial charge in [-0.2, -0.15) is 0 Å². The Morgan fingerprint density at radius 1 is 1.73 bits per heavy atom. The number of rotatable bonds is 3. The van der Waals surface area contributed by atoms with E-state index in [-0.39, 0.29) is 5.70 Å². The Morgan fingerprint density at radius 2 is 2.27 bits per heavy atom. The van der Waals surface area contributed by atoms with Crippen molar-refractivity contribution < 1.29 is 4.92 Å². The second-order valence-corrected chi connectivity index (χ2v) is 2.03. The Kier molecular flexibility index (Phi) is 3.96. The fraction of sp³-hybridized carbons (Fsp3) is 0.143. The molecule has 3 nitrogen and oxygen atoms in total. The third-order valence-corrected chi connectivity index (χ3v) is 1.21. The summed E-state index contributed by atoms with van der Waals surface area (Å²) >= 11 is 0. The van der Waals surface area contributed by atoms with Gasteiger partial charge in [0.15, 0.2) is 0 Å². The SMILES string of the molecule is BC(/C=C\C)=C(/C=C)[N+](=O)[O-]. The third kappa shape index (κ3) is 2.84. The largest absolute Gasteiger partial charge is 0.262 e. The Morgan fingerprint density at radius 3 is 2.55 bits per heavy atom. The molecule has 58 valence electrons. The second kappa shape index (κ2) is 4.49. The first kappa shape index (κ1) is 9.68. The average Bonchev–Trinajstić information content (AvgIpc) is 1.88. The van der Waals surface area contributed by atoms with E-state index in [0.29, 0.717) is 5.47 Å². The quantitative estimate of drug-likeness (QED) is 0.260. The molecule has 4 heteroatoms. The van der Waals surface area contributed by atoms with Crippen LogP contribution >= 0.6 is 0 Å². The van der Waals surface area contributed by atoms with Crippen LogP contribution < -0.4 is 0 Å². The molecule has 0 bridgehead atoms. The number of allylic oxidation sites excluding steroid dienone is 4. The van der Waals surface area contributed by atoms with E-state index in [1.54, 1.807) is 20.0 Å². The topological polar surface area (TPSA) is 43.1 Å². The molecule has 11 heavy (non-hydrogen) atoms. The minimum absolute atomic E-state index is 0.0584. The Bertz CT molecular complexity index is 231. The van der Waals surface area contributed by atoms with Gasteiger partial charge in [0.25, 0.3) is 5.70 Å². The van der Waals surface area contributed by atoms with Crippen LogP contribution in [0.4, 0.5) is 0 Å². The molecule has 0 saturated carbocycles. The number of nitrogens with zero attached hydrogens (tertiary/aromatic N) is 1. The molecule has 0 fully saturated rings. The van der Waals surface area contributed by atoms with E-state index in [9.17, 15) is 10.1 Å². The van der Waals surface area contributed by atoms with E-state index in [1.807, 2.05) is 6.92 Å². The first-order valence-corrected chi connectivity index (χ1v) is 3.24. The van der Waals surface area contributed by atoms with Crippen LogP contribution in [-0.2, 0) is 0 Å². The van der Waals surface area contributed by atoms with Gasteiger partial charge in [0, 0.05) is 6.08 Å². The molecule has 0 aromatic rings. The molecule has 0 radical (unpaired) electrons. The van der Waals surface area contributed by atoms with E-state index in [2.05, 4.69) is 6.58 Å². The number of nitro groups is 1. The fourth-order valence-corrected chi connectivity index (χ4v) is 0.715. The van der Waals surface area contributed by atoms with Crippen molar-refractivity contribution in [2.24, 2.45) is 0 Å². The van der Waals surface area contributed by atoms with Crippen LogP contribution in [0, 0.1) is 10.1 Å². The Hall–Kier alpha value is -1.32. The van der Waals surface area contributed by atoms with Gasteiger partial charge in [-0.25, -0.2) is 0 Å². The van der Waals surface area contributed by atoms with Gasteiger partial charge in [-0.3, -0.25) is 10.1 Å². The van der Waals surface area contributed by atoms with Gasteiger partial charge in [-0.15, -0.1) is 0 Å². The molecule has 0 heterocycles. The van der Waals surface area contributed by atoms with Crippen molar-refractivity contribution in [3.05, 3.63) is 46.1 Å². The lowest BCUT2D eigenvalue weighted by molar-refractivity contribution is -0.419. The fourth-order valence-electron chi connectivity index (χ4n) is 0.715. The minimum Gasteiger partial charge on any atom is -0.258 e. The zero-order chi connectivity index (χ0) is 8.85. The lowest BCUT2D eigenvalue weighted by Crippen LogP contribution is -1.99. The standard InChI is InChI=1S/C7H10BNO2/c1-3-5-6(8)7(4-2)9(10)11/h3-5H,2,8H2,1H3/b5-3-,7-6-. The molecule has 0 aromatic heterocycles. The molecular weight excluding hydrogens is 141 g/mol. The average molecular weight is 151 g/mol. The zero-order valence-corrected chi connectivity index (χ0v) is 6.70. The van der Waals surface area contributed by atoms with Crippen molar-refractivity contribution in [3.63, 3.8) is 0 Å². The van der Waals surface area contributed by atoms with Crippen LogP contribution in [0.15, 0.2) is 36.0 Å². The van der Waals surface area contributed by atoms with Crippen LogP contribution in [0.1, 0.15) is 6.92 Å². The van der Waals surface area contributed by atoms with Crippen molar-refractivity contribution in [2.45, 2.75) is 6.92 Å². The molecule has 0 saturated heterocycles. The highest BCUT2D eigenvalue weighted by Gasteiger charge is 2.06. The second-order valence-electron chi connectivity index (χ2n) is 2.03. The highest BCUT2D eigenvalue weighted by Crippen LogP contribution is 2.03. The maximum atomic E-state index is 10.3. The summed E-state index contributed by atoms with van der Waals surface area (Å²) in [6, 6.07) is 0. The molecule has 0 spiro atoms. The van der Waals surface area contributed by atoms with Crippen molar-refractivity contribution in [1.82, 2.24) is 0 Å². The van der Waals surface area contributed by atoms with Crippen molar-refractivity contribution >= 4 is 7.85 Å². The summed E-state index contributed by atoms with van der Waals surface area (Å²) < 4.78 is 0. The van der Waals surface area contributed by atoms with Crippen LogP contribution in [0.2, 0.25) is 0 Å². The van der Waals surface area contributed by atoms with Crippen molar-refractivity contribution in [3.8, 4) is 0 Å². The molecule has 0 atom stereocenters. The smallest absolute Gasteiger partial charge is 0.258 e. The molecule has 0 aliphatic carbocycles. The summed E-state index contributed by atoms with van der Waals surface area (Å²) in [6.07, 6.45) is 4.68. The van der Waals surface area contributed by atoms with E-state index in [0.717, 1.165) is 0 Å². The molecule has 0 aliphatic rings. The summed E-state index contributed by atoms with van der Waals surface area (Å²) in [4.78, 5) is 9.85. The monoisotopic (exact) mass is 151 g/mol. The van der Waals surface area contributed by atoms with Crippen molar-refractivity contribution in [2.75, 3.05) is 0 Å². The summed E-state index contributed by atoms with van der Waals surface area (Å²) in [5, 5.41) is 10.3. The highest BCUT2D eigenvalue weighted by atomic mass is 16.6. The van der Waals surface area contributed by atoms with Gasteiger partial charge in [0.1, 0.15) is 7.85 Å². The maximum absolute atomic E-state index is 10.3. The summed E-state index contributed by atoms with van der Waals surface area (Å²) in [5.74, 6) is 0. The lowest BCUT2D eigenvalue weighted by atomic mass is 9.93. The predicted molar refractivity (Wildman–Crippen MR) is 47.6 cm³/mol. The van der Waals surface area contributed by atoms with Gasteiger partial charge >= 0.3 is 0 Å². The molecule has 0 rings (SSSR count). The predicted octanol–water partition coefficient (Wildman–Crippen LogP) is 0.870. The van der Waals surface area contributed by atoms with Crippen LogP contribution in [0.25, 0.3) is 0 Å².